The van der Waals surface area contributed by atoms with Crippen LogP contribution in [-0.2, 0) is 15.6 Å². The van der Waals surface area contributed by atoms with Crippen molar-refractivity contribution in [2.75, 3.05) is 11.5 Å². The number of hydrogen-bond donors (Lipinski definition) is 2. The lowest BCUT2D eigenvalue weighted by atomic mass is 10.0. The molecule has 1 atom stereocenters. The Hall–Kier alpha value is -1.36. The van der Waals surface area contributed by atoms with Gasteiger partial charge >= 0.3 is 0 Å². The number of nitrogens with one attached hydrogen (secondary N) is 1. The van der Waals surface area contributed by atoms with Crippen LogP contribution in [0.5, 0.6) is 0 Å². The molecule has 1 unspecified atom stereocenters. The lowest BCUT2D eigenvalue weighted by Crippen LogP contribution is -2.44. The minimum atomic E-state index is -1.36. The van der Waals surface area contributed by atoms with Crippen molar-refractivity contribution in [2.45, 2.75) is 44.6 Å². The zero-order chi connectivity index (χ0) is 14.6. The monoisotopic (exact) mass is 282 g/mol. The van der Waals surface area contributed by atoms with Crippen molar-refractivity contribution >= 4 is 22.4 Å². The standard InChI is InChI=1S/C14H22N2O2S/c1-5-14(3,4)16-13(17)9-19(18)12-8-11(15)7-6-10(12)2/h6-8H,5,9,15H2,1-4H3,(H,16,17). The molecule has 1 rings (SSSR count). The molecule has 1 amide bonds. The van der Waals surface area contributed by atoms with Gasteiger partial charge in [-0.2, -0.15) is 0 Å². The molecule has 1 aromatic carbocycles. The molecule has 0 bridgehead atoms. The summed E-state index contributed by atoms with van der Waals surface area (Å²) in [7, 11) is -1.36. The highest BCUT2D eigenvalue weighted by molar-refractivity contribution is 7.85. The number of benzene rings is 1. The van der Waals surface area contributed by atoms with Gasteiger partial charge in [0, 0.05) is 16.1 Å². The van der Waals surface area contributed by atoms with E-state index < -0.39 is 10.8 Å². The van der Waals surface area contributed by atoms with E-state index in [2.05, 4.69) is 5.32 Å². The fourth-order valence-electron chi connectivity index (χ4n) is 1.56. The molecular formula is C14H22N2O2S. The lowest BCUT2D eigenvalue weighted by Gasteiger charge is -2.24. The average Bonchev–Trinajstić information content (AvgIpc) is 2.31. The van der Waals surface area contributed by atoms with Crippen LogP contribution in [0.2, 0.25) is 0 Å². The Kier molecular flexibility index (Phi) is 5.11. The second-order valence-electron chi connectivity index (χ2n) is 5.30. The third-order valence-electron chi connectivity index (χ3n) is 3.08. The van der Waals surface area contributed by atoms with E-state index in [4.69, 9.17) is 5.73 Å². The van der Waals surface area contributed by atoms with Crippen molar-refractivity contribution in [1.29, 1.82) is 0 Å². The number of anilines is 1. The third kappa shape index (κ3) is 4.67. The Morgan fingerprint density at radius 3 is 2.63 bits per heavy atom. The molecule has 0 heterocycles. The average molecular weight is 282 g/mol. The number of carbonyl (C=O) groups is 1. The summed E-state index contributed by atoms with van der Waals surface area (Å²) in [4.78, 5) is 12.5. The van der Waals surface area contributed by atoms with Crippen LogP contribution in [0.4, 0.5) is 5.69 Å². The van der Waals surface area contributed by atoms with Crippen molar-refractivity contribution in [3.8, 4) is 0 Å². The van der Waals surface area contributed by atoms with Crippen LogP contribution in [0.1, 0.15) is 32.8 Å². The smallest absolute Gasteiger partial charge is 0.233 e. The second kappa shape index (κ2) is 6.19. The lowest BCUT2D eigenvalue weighted by molar-refractivity contribution is -0.120. The van der Waals surface area contributed by atoms with Crippen LogP contribution in [-0.4, -0.2) is 21.4 Å². The van der Waals surface area contributed by atoms with Crippen molar-refractivity contribution < 1.29 is 9.00 Å². The molecule has 0 aliphatic heterocycles. The summed E-state index contributed by atoms with van der Waals surface area (Å²) in [5.74, 6) is -0.236. The predicted octanol–water partition coefficient (Wildman–Crippen LogP) is 1.99. The van der Waals surface area contributed by atoms with Crippen LogP contribution >= 0.6 is 0 Å². The first kappa shape index (κ1) is 15.7. The summed E-state index contributed by atoms with van der Waals surface area (Å²) in [6.07, 6.45) is 0.822. The van der Waals surface area contributed by atoms with E-state index in [9.17, 15) is 9.00 Å². The number of amides is 1. The van der Waals surface area contributed by atoms with E-state index in [0.717, 1.165) is 12.0 Å². The van der Waals surface area contributed by atoms with Gasteiger partial charge in [-0.25, -0.2) is 0 Å². The Balaban J connectivity index is 2.75. The number of nitrogen functional groups attached to an aromatic ring is 1. The van der Waals surface area contributed by atoms with Crippen LogP contribution in [0.15, 0.2) is 23.1 Å². The fraction of sp³-hybridized carbons (Fsp3) is 0.500. The first-order valence-corrected chi connectivity index (χ1v) is 7.62. The maximum atomic E-state index is 12.2. The summed E-state index contributed by atoms with van der Waals surface area (Å²) >= 11 is 0. The van der Waals surface area contributed by atoms with Gasteiger partial charge in [-0.15, -0.1) is 0 Å². The molecule has 0 radical (unpaired) electrons. The molecule has 0 saturated heterocycles. The molecule has 106 valence electrons. The van der Waals surface area contributed by atoms with E-state index in [1.807, 2.05) is 33.8 Å². The molecule has 5 heteroatoms. The molecule has 3 N–H and O–H groups in total. The summed E-state index contributed by atoms with van der Waals surface area (Å²) in [6.45, 7) is 7.75. The minimum absolute atomic E-state index is 0.0340. The molecule has 0 aromatic heterocycles. The van der Waals surface area contributed by atoms with Gasteiger partial charge in [-0.1, -0.05) is 13.0 Å². The molecular weight excluding hydrogens is 260 g/mol. The maximum Gasteiger partial charge on any atom is 0.233 e. The highest BCUT2D eigenvalue weighted by Gasteiger charge is 2.20. The first-order valence-electron chi connectivity index (χ1n) is 6.30. The predicted molar refractivity (Wildman–Crippen MR) is 79.4 cm³/mol. The van der Waals surface area contributed by atoms with E-state index >= 15 is 0 Å². The quantitative estimate of drug-likeness (QED) is 0.811. The number of rotatable bonds is 5. The summed E-state index contributed by atoms with van der Waals surface area (Å²) < 4.78 is 12.2. The van der Waals surface area contributed by atoms with Gasteiger partial charge in [-0.3, -0.25) is 9.00 Å². The van der Waals surface area contributed by atoms with Crippen molar-refractivity contribution in [1.82, 2.24) is 5.32 Å². The van der Waals surface area contributed by atoms with Gasteiger partial charge < -0.3 is 11.1 Å². The fourth-order valence-corrected chi connectivity index (χ4v) is 2.72. The topological polar surface area (TPSA) is 72.2 Å². The van der Waals surface area contributed by atoms with Gasteiger partial charge in [0.2, 0.25) is 5.91 Å². The van der Waals surface area contributed by atoms with Gasteiger partial charge in [-0.05, 0) is 44.9 Å². The minimum Gasteiger partial charge on any atom is -0.399 e. The molecule has 0 saturated carbocycles. The molecule has 0 fully saturated rings. The summed E-state index contributed by atoms with van der Waals surface area (Å²) in [5, 5.41) is 2.88. The summed E-state index contributed by atoms with van der Waals surface area (Å²) in [5.41, 5.74) is 6.86. The van der Waals surface area contributed by atoms with Crippen molar-refractivity contribution in [2.24, 2.45) is 0 Å². The van der Waals surface area contributed by atoms with Crippen molar-refractivity contribution in [3.05, 3.63) is 23.8 Å². The zero-order valence-electron chi connectivity index (χ0n) is 11.9. The van der Waals surface area contributed by atoms with E-state index in [0.29, 0.717) is 10.6 Å². The molecule has 1 aromatic rings. The van der Waals surface area contributed by atoms with Crippen LogP contribution in [0, 0.1) is 6.92 Å². The highest BCUT2D eigenvalue weighted by Crippen LogP contribution is 2.17. The molecule has 0 spiro atoms. The molecule has 0 aliphatic carbocycles. The first-order chi connectivity index (χ1) is 8.75. The van der Waals surface area contributed by atoms with Crippen LogP contribution in [0.25, 0.3) is 0 Å². The number of hydrogen-bond acceptors (Lipinski definition) is 3. The molecule has 19 heavy (non-hydrogen) atoms. The number of nitrogens with two attached hydrogens (primary N) is 1. The van der Waals surface area contributed by atoms with Gasteiger partial charge in [0.1, 0.15) is 5.75 Å². The Morgan fingerprint density at radius 1 is 1.42 bits per heavy atom. The normalized spacial score (nSPS) is 13.1. The van der Waals surface area contributed by atoms with E-state index in [1.165, 1.54) is 0 Å². The Labute approximate surface area is 117 Å². The SMILES string of the molecule is CCC(C)(C)NC(=O)CS(=O)c1cc(N)ccc1C. The van der Waals surface area contributed by atoms with Crippen LogP contribution < -0.4 is 11.1 Å². The maximum absolute atomic E-state index is 12.2. The molecule has 4 nitrogen and oxygen atoms in total. The zero-order valence-corrected chi connectivity index (χ0v) is 12.8. The van der Waals surface area contributed by atoms with Crippen molar-refractivity contribution in [3.63, 3.8) is 0 Å². The largest absolute Gasteiger partial charge is 0.399 e. The Bertz CT molecular complexity index is 498. The van der Waals surface area contributed by atoms with Gasteiger partial charge in [0.15, 0.2) is 0 Å². The van der Waals surface area contributed by atoms with Crippen LogP contribution in [0.3, 0.4) is 0 Å². The van der Waals surface area contributed by atoms with Gasteiger partial charge in [0.25, 0.3) is 0 Å². The second-order valence-corrected chi connectivity index (χ2v) is 6.72. The highest BCUT2D eigenvalue weighted by atomic mass is 32.2. The third-order valence-corrected chi connectivity index (χ3v) is 4.54. The van der Waals surface area contributed by atoms with E-state index in [-0.39, 0.29) is 17.2 Å². The number of aryl methyl sites for hydroxylation is 1. The Morgan fingerprint density at radius 2 is 2.05 bits per heavy atom. The van der Waals surface area contributed by atoms with E-state index in [1.54, 1.807) is 12.1 Å². The number of carbonyl (C=O) groups excluding carboxylic acids is 1. The molecule has 0 aliphatic rings. The summed E-state index contributed by atoms with van der Waals surface area (Å²) in [6, 6.07) is 5.25. The van der Waals surface area contributed by atoms with Gasteiger partial charge in [0.05, 0.1) is 10.8 Å².